The van der Waals surface area contributed by atoms with E-state index in [0.29, 0.717) is 24.3 Å². The van der Waals surface area contributed by atoms with Gasteiger partial charge in [0.1, 0.15) is 11.7 Å². The molecule has 2 atom stereocenters. The van der Waals surface area contributed by atoms with Gasteiger partial charge in [-0.25, -0.2) is 4.98 Å². The second-order valence-corrected chi connectivity index (χ2v) is 10.9. The molecule has 12 heteroatoms. The highest BCUT2D eigenvalue weighted by molar-refractivity contribution is 5.89. The van der Waals surface area contributed by atoms with Crippen molar-refractivity contribution in [1.29, 1.82) is 0 Å². The zero-order chi connectivity index (χ0) is 30.1. The first-order valence-corrected chi connectivity index (χ1v) is 14.0. The average Bonchev–Trinajstić information content (AvgIpc) is 3.37. The predicted molar refractivity (Wildman–Crippen MR) is 152 cm³/mol. The first kappa shape index (κ1) is 29.9. The summed E-state index contributed by atoms with van der Waals surface area (Å²) in [5.74, 6) is -1.81. The number of halogens is 3. The number of likely N-dealkylation sites (tertiary alicyclic amines) is 1. The number of rotatable bonds is 9. The third kappa shape index (κ3) is 6.12. The molecule has 0 bridgehead atoms. The van der Waals surface area contributed by atoms with Gasteiger partial charge in [0.2, 0.25) is 0 Å². The molecule has 42 heavy (non-hydrogen) atoms. The van der Waals surface area contributed by atoms with E-state index >= 15 is 0 Å². The van der Waals surface area contributed by atoms with E-state index in [1.165, 1.54) is 23.0 Å². The van der Waals surface area contributed by atoms with E-state index in [1.807, 2.05) is 31.2 Å². The van der Waals surface area contributed by atoms with Crippen LogP contribution in [0.2, 0.25) is 0 Å². The SMILES string of the molecule is CCn1nc2c(=O)n(CC3(O)CCN(C(O)C[C@H](c4ccccc4)C(F)(F)F)CC3)cnc2c1-c1ccc(CN)cc1. The molecule has 1 saturated heterocycles. The van der Waals surface area contributed by atoms with E-state index in [-0.39, 0.29) is 43.6 Å². The van der Waals surface area contributed by atoms with Crippen LogP contribution >= 0.6 is 0 Å². The lowest BCUT2D eigenvalue weighted by molar-refractivity contribution is -0.166. The zero-order valence-corrected chi connectivity index (χ0v) is 23.3. The van der Waals surface area contributed by atoms with Gasteiger partial charge in [-0.15, -0.1) is 0 Å². The van der Waals surface area contributed by atoms with Gasteiger partial charge < -0.3 is 15.9 Å². The van der Waals surface area contributed by atoms with Gasteiger partial charge in [0.15, 0.2) is 5.52 Å². The molecule has 0 spiro atoms. The molecule has 0 amide bonds. The summed E-state index contributed by atoms with van der Waals surface area (Å²) in [6, 6.07) is 15.2. The lowest BCUT2D eigenvalue weighted by Crippen LogP contribution is -2.51. The quantitative estimate of drug-likeness (QED) is 0.275. The number of aromatic nitrogens is 4. The third-order valence-electron chi connectivity index (χ3n) is 8.14. The van der Waals surface area contributed by atoms with E-state index in [9.17, 15) is 28.2 Å². The molecule has 0 saturated carbocycles. The maximum Gasteiger partial charge on any atom is 0.395 e. The van der Waals surface area contributed by atoms with Crippen LogP contribution in [-0.4, -0.2) is 65.5 Å². The highest BCUT2D eigenvalue weighted by atomic mass is 19.4. The number of benzene rings is 2. The highest BCUT2D eigenvalue weighted by Gasteiger charge is 2.43. The minimum Gasteiger partial charge on any atom is -0.388 e. The number of hydrogen-bond acceptors (Lipinski definition) is 7. The van der Waals surface area contributed by atoms with Crippen molar-refractivity contribution in [1.82, 2.24) is 24.2 Å². The van der Waals surface area contributed by atoms with Gasteiger partial charge in [0.05, 0.1) is 30.1 Å². The van der Waals surface area contributed by atoms with Gasteiger partial charge in [-0.3, -0.25) is 18.9 Å². The van der Waals surface area contributed by atoms with E-state index in [1.54, 1.807) is 27.8 Å². The van der Waals surface area contributed by atoms with Crippen LogP contribution in [0.3, 0.4) is 0 Å². The Labute approximate surface area is 241 Å². The first-order valence-electron chi connectivity index (χ1n) is 14.0. The lowest BCUT2D eigenvalue weighted by atomic mass is 9.89. The van der Waals surface area contributed by atoms with Gasteiger partial charge in [0.25, 0.3) is 5.56 Å². The average molecular weight is 585 g/mol. The summed E-state index contributed by atoms with van der Waals surface area (Å²) in [6.07, 6.45) is -4.63. The van der Waals surface area contributed by atoms with Crippen molar-refractivity contribution in [2.24, 2.45) is 5.73 Å². The summed E-state index contributed by atoms with van der Waals surface area (Å²) in [5.41, 5.74) is 7.32. The predicted octanol–water partition coefficient (Wildman–Crippen LogP) is 3.62. The molecule has 1 aliphatic heterocycles. The van der Waals surface area contributed by atoms with Gasteiger partial charge in [-0.05, 0) is 30.9 Å². The monoisotopic (exact) mass is 584 g/mol. The van der Waals surface area contributed by atoms with Crippen LogP contribution in [0.4, 0.5) is 13.2 Å². The topological polar surface area (TPSA) is 122 Å². The van der Waals surface area contributed by atoms with Crippen molar-refractivity contribution in [2.45, 2.75) is 69.7 Å². The summed E-state index contributed by atoms with van der Waals surface area (Å²) < 4.78 is 44.5. The number of piperidine rings is 1. The van der Waals surface area contributed by atoms with Crippen LogP contribution in [0, 0.1) is 0 Å². The van der Waals surface area contributed by atoms with Crippen molar-refractivity contribution in [3.05, 3.63) is 82.4 Å². The van der Waals surface area contributed by atoms with Gasteiger partial charge in [-0.2, -0.15) is 18.3 Å². The number of hydrogen-bond donors (Lipinski definition) is 3. The van der Waals surface area contributed by atoms with Gasteiger partial charge in [-0.1, -0.05) is 54.6 Å². The Bertz CT molecular complexity index is 1560. The van der Waals surface area contributed by atoms with Crippen molar-refractivity contribution in [3.63, 3.8) is 0 Å². The molecule has 1 unspecified atom stereocenters. The zero-order valence-electron chi connectivity index (χ0n) is 23.3. The summed E-state index contributed by atoms with van der Waals surface area (Å²) >= 11 is 0. The number of fused-ring (bicyclic) bond motifs is 1. The van der Waals surface area contributed by atoms with Crippen LogP contribution in [0.25, 0.3) is 22.3 Å². The first-order chi connectivity index (χ1) is 20.0. The minimum absolute atomic E-state index is 0.0482. The maximum absolute atomic E-state index is 13.8. The largest absolute Gasteiger partial charge is 0.395 e. The second kappa shape index (κ2) is 12.0. The third-order valence-corrected chi connectivity index (χ3v) is 8.14. The second-order valence-electron chi connectivity index (χ2n) is 10.9. The van der Waals surface area contributed by atoms with Crippen LogP contribution in [0.5, 0.6) is 0 Å². The lowest BCUT2D eigenvalue weighted by Gasteiger charge is -2.41. The fourth-order valence-corrected chi connectivity index (χ4v) is 5.68. The number of aryl methyl sites for hydroxylation is 1. The molecular weight excluding hydrogens is 549 g/mol. The van der Waals surface area contributed by atoms with E-state index in [0.717, 1.165) is 11.1 Å². The molecule has 3 heterocycles. The number of aliphatic hydroxyl groups excluding tert-OH is 1. The Morgan fingerprint density at radius 2 is 1.71 bits per heavy atom. The Balaban J connectivity index is 1.30. The van der Waals surface area contributed by atoms with E-state index in [2.05, 4.69) is 10.1 Å². The Morgan fingerprint density at radius 3 is 2.31 bits per heavy atom. The highest BCUT2D eigenvalue weighted by Crippen LogP contribution is 2.39. The van der Waals surface area contributed by atoms with Crippen molar-refractivity contribution < 1.29 is 23.4 Å². The van der Waals surface area contributed by atoms with Crippen molar-refractivity contribution in [2.75, 3.05) is 13.1 Å². The molecule has 0 aliphatic carbocycles. The number of aliphatic hydroxyl groups is 2. The van der Waals surface area contributed by atoms with Gasteiger partial charge >= 0.3 is 6.18 Å². The van der Waals surface area contributed by atoms with E-state index < -0.39 is 35.9 Å². The van der Waals surface area contributed by atoms with E-state index in [4.69, 9.17) is 5.73 Å². The minimum atomic E-state index is -4.51. The van der Waals surface area contributed by atoms with Crippen LogP contribution < -0.4 is 11.3 Å². The molecule has 4 N–H and O–H groups in total. The Kier molecular flexibility index (Phi) is 8.51. The maximum atomic E-state index is 13.8. The molecule has 2 aromatic heterocycles. The summed E-state index contributed by atoms with van der Waals surface area (Å²) in [7, 11) is 0. The fourth-order valence-electron chi connectivity index (χ4n) is 5.68. The summed E-state index contributed by atoms with van der Waals surface area (Å²) in [4.78, 5) is 19.5. The molecule has 224 valence electrons. The molecule has 9 nitrogen and oxygen atoms in total. The number of nitrogens with two attached hydrogens (primary N) is 1. The fraction of sp³-hybridized carbons (Fsp3) is 0.433. The van der Waals surface area contributed by atoms with Crippen molar-refractivity contribution >= 4 is 11.0 Å². The summed E-state index contributed by atoms with van der Waals surface area (Å²) in [5, 5.41) is 26.6. The molecule has 0 radical (unpaired) electrons. The van der Waals surface area contributed by atoms with Crippen LogP contribution in [0.15, 0.2) is 65.7 Å². The Hall–Kier alpha value is -3.58. The molecular formula is C30H35F3N6O3. The molecule has 2 aromatic carbocycles. The molecule has 1 fully saturated rings. The number of nitrogens with zero attached hydrogens (tertiary/aromatic N) is 5. The molecule has 4 aromatic rings. The smallest absolute Gasteiger partial charge is 0.388 e. The summed E-state index contributed by atoms with van der Waals surface area (Å²) in [6.45, 7) is 3.16. The standard InChI is InChI=1S/C30H35F3N6O3/c1-2-39-27(22-10-8-20(17-34)9-11-22)25-26(36-39)28(41)38(19-35-25)18-29(42)12-14-37(15-13-29)24(40)16-23(30(31,32)33)21-6-4-3-5-7-21/h3-11,19,23-24,40,42H,2,12-18,34H2,1H3/t23-,24?/m1/s1. The van der Waals surface area contributed by atoms with Crippen LogP contribution in [-0.2, 0) is 19.6 Å². The van der Waals surface area contributed by atoms with Crippen LogP contribution in [0.1, 0.15) is 43.2 Å². The molecule has 1 aliphatic rings. The number of alkyl halides is 3. The van der Waals surface area contributed by atoms with Gasteiger partial charge in [0, 0.05) is 38.2 Å². The van der Waals surface area contributed by atoms with Crippen molar-refractivity contribution in [3.8, 4) is 11.3 Å². The normalized spacial score (nSPS) is 17.4. The molecule has 5 rings (SSSR count). The Morgan fingerprint density at radius 1 is 1.05 bits per heavy atom.